The molecule has 1 aromatic heterocycles. The van der Waals surface area contributed by atoms with E-state index in [1.54, 1.807) is 30.3 Å². The van der Waals surface area contributed by atoms with E-state index in [1.807, 2.05) is 19.1 Å². The summed E-state index contributed by atoms with van der Waals surface area (Å²) in [6, 6.07) is 12.5. The molecule has 0 fully saturated rings. The maximum absolute atomic E-state index is 12.2. The van der Waals surface area contributed by atoms with Crippen LogP contribution in [0.2, 0.25) is 0 Å². The summed E-state index contributed by atoms with van der Waals surface area (Å²) in [6.07, 6.45) is 0. The number of ether oxygens (including phenoxy) is 2. The molecule has 0 saturated carbocycles. The van der Waals surface area contributed by atoms with Crippen molar-refractivity contribution in [3.05, 3.63) is 53.6 Å². The van der Waals surface area contributed by atoms with Crippen LogP contribution in [0.15, 0.2) is 46.8 Å². The van der Waals surface area contributed by atoms with Gasteiger partial charge in [0.25, 0.3) is 5.91 Å². The molecule has 0 spiro atoms. The number of anilines is 2. The monoisotopic (exact) mass is 442 g/mol. The minimum Gasteiger partial charge on any atom is -0.486 e. The first-order chi connectivity index (χ1) is 14.6. The largest absolute Gasteiger partial charge is 0.486 e. The number of benzene rings is 2. The van der Waals surface area contributed by atoms with Crippen LogP contribution in [0.3, 0.4) is 0 Å². The number of nitrogens with zero attached hydrogens (tertiary/aromatic N) is 2. The molecule has 1 aliphatic rings. The number of aromatic nitrogens is 2. The summed E-state index contributed by atoms with van der Waals surface area (Å²) < 4.78 is 11.6. The zero-order valence-electron chi connectivity index (χ0n) is 16.0. The number of rotatable bonds is 6. The molecule has 4 rings (SSSR count). The van der Waals surface area contributed by atoms with Crippen molar-refractivity contribution in [2.45, 2.75) is 11.3 Å². The van der Waals surface area contributed by atoms with Crippen LogP contribution in [0.25, 0.3) is 0 Å². The Morgan fingerprint density at radius 1 is 1.03 bits per heavy atom. The summed E-state index contributed by atoms with van der Waals surface area (Å²) in [7, 11) is 0. The first kappa shape index (κ1) is 20.2. The Bertz CT molecular complexity index is 1070. The van der Waals surface area contributed by atoms with Crippen LogP contribution in [0.4, 0.5) is 10.8 Å². The molecular formula is C20H18N4O4S2. The summed E-state index contributed by atoms with van der Waals surface area (Å²) in [5.41, 5.74) is 2.26. The number of hydrogen-bond donors (Lipinski definition) is 2. The van der Waals surface area contributed by atoms with Crippen molar-refractivity contribution in [2.24, 2.45) is 0 Å². The second kappa shape index (κ2) is 9.14. The van der Waals surface area contributed by atoms with Gasteiger partial charge in [-0.25, -0.2) is 0 Å². The van der Waals surface area contributed by atoms with Gasteiger partial charge in [0.1, 0.15) is 13.2 Å². The van der Waals surface area contributed by atoms with E-state index in [4.69, 9.17) is 9.47 Å². The fourth-order valence-electron chi connectivity index (χ4n) is 2.64. The molecule has 2 aromatic carbocycles. The van der Waals surface area contributed by atoms with E-state index >= 15 is 0 Å². The van der Waals surface area contributed by atoms with Gasteiger partial charge in [0, 0.05) is 17.3 Å². The molecule has 0 aliphatic carbocycles. The van der Waals surface area contributed by atoms with Gasteiger partial charge >= 0.3 is 0 Å². The average Bonchev–Trinajstić information content (AvgIpc) is 3.20. The second-order valence-corrected chi connectivity index (χ2v) is 8.59. The van der Waals surface area contributed by atoms with Crippen molar-refractivity contribution >= 4 is 45.7 Å². The predicted octanol–water partition coefficient (Wildman–Crippen LogP) is 3.60. The van der Waals surface area contributed by atoms with Crippen molar-refractivity contribution in [3.8, 4) is 11.5 Å². The average molecular weight is 443 g/mol. The minimum absolute atomic E-state index is 0.162. The molecule has 0 unspecified atom stereocenters. The normalized spacial score (nSPS) is 12.3. The van der Waals surface area contributed by atoms with Gasteiger partial charge in [-0.05, 0) is 31.2 Å². The Kier molecular flexibility index (Phi) is 6.15. The quantitative estimate of drug-likeness (QED) is 0.444. The zero-order chi connectivity index (χ0) is 20.9. The van der Waals surface area contributed by atoms with E-state index in [1.165, 1.54) is 23.1 Å². The number of thioether (sulfide) groups is 1. The molecule has 30 heavy (non-hydrogen) atoms. The molecule has 8 nitrogen and oxygen atoms in total. The first-order valence-electron chi connectivity index (χ1n) is 9.11. The molecule has 1 aliphatic heterocycles. The van der Waals surface area contributed by atoms with Gasteiger partial charge in [-0.1, -0.05) is 40.8 Å². The number of nitrogens with one attached hydrogen (secondary N) is 2. The topological polar surface area (TPSA) is 102 Å². The van der Waals surface area contributed by atoms with Crippen molar-refractivity contribution in [1.29, 1.82) is 0 Å². The summed E-state index contributed by atoms with van der Waals surface area (Å²) >= 11 is 2.47. The summed E-state index contributed by atoms with van der Waals surface area (Å²) in [5.74, 6) is 1.01. The van der Waals surface area contributed by atoms with Crippen LogP contribution in [0.1, 0.15) is 15.9 Å². The predicted molar refractivity (Wildman–Crippen MR) is 116 cm³/mol. The third kappa shape index (κ3) is 5.08. The highest BCUT2D eigenvalue weighted by Crippen LogP contribution is 2.33. The second-order valence-electron chi connectivity index (χ2n) is 6.39. The van der Waals surface area contributed by atoms with Crippen LogP contribution >= 0.6 is 23.1 Å². The lowest BCUT2D eigenvalue weighted by Crippen LogP contribution is -2.17. The van der Waals surface area contributed by atoms with Crippen LogP contribution in [-0.2, 0) is 4.79 Å². The SMILES string of the molecule is Cc1ccc(C(=O)Nc2nnc(SCC(=O)Nc3ccc4c(c3)OCCO4)s2)cc1. The standard InChI is InChI=1S/C20H18N4O4S2/c1-12-2-4-13(5-3-12)18(26)22-19-23-24-20(30-19)29-11-17(25)21-14-6-7-15-16(10-14)28-9-8-27-15/h2-7,10H,8-9,11H2,1H3,(H,21,25)(H,22,23,26). The summed E-state index contributed by atoms with van der Waals surface area (Å²) in [6.45, 7) is 2.96. The van der Waals surface area contributed by atoms with Gasteiger partial charge in [0.15, 0.2) is 15.8 Å². The maximum Gasteiger partial charge on any atom is 0.257 e. The molecule has 0 bridgehead atoms. The lowest BCUT2D eigenvalue weighted by atomic mass is 10.1. The Balaban J connectivity index is 1.28. The minimum atomic E-state index is -0.251. The molecule has 2 heterocycles. The molecular weight excluding hydrogens is 424 g/mol. The van der Waals surface area contributed by atoms with E-state index in [-0.39, 0.29) is 17.6 Å². The Morgan fingerprint density at radius 3 is 2.60 bits per heavy atom. The third-order valence-corrected chi connectivity index (χ3v) is 6.07. The lowest BCUT2D eigenvalue weighted by molar-refractivity contribution is -0.113. The van der Waals surface area contributed by atoms with E-state index in [9.17, 15) is 9.59 Å². The maximum atomic E-state index is 12.2. The van der Waals surface area contributed by atoms with Gasteiger partial charge in [-0.15, -0.1) is 10.2 Å². The van der Waals surface area contributed by atoms with Gasteiger partial charge in [-0.2, -0.15) is 0 Å². The van der Waals surface area contributed by atoms with Gasteiger partial charge in [0.05, 0.1) is 5.75 Å². The summed E-state index contributed by atoms with van der Waals surface area (Å²) in [5, 5.41) is 13.9. The van der Waals surface area contributed by atoms with E-state index in [2.05, 4.69) is 20.8 Å². The van der Waals surface area contributed by atoms with Crippen LogP contribution in [0.5, 0.6) is 11.5 Å². The van der Waals surface area contributed by atoms with Crippen molar-refractivity contribution in [3.63, 3.8) is 0 Å². The Labute approximate surface area is 181 Å². The molecule has 0 radical (unpaired) electrons. The summed E-state index contributed by atoms with van der Waals surface area (Å²) in [4.78, 5) is 24.5. The van der Waals surface area contributed by atoms with Crippen LogP contribution in [-0.4, -0.2) is 41.0 Å². The van der Waals surface area contributed by atoms with Crippen LogP contribution < -0.4 is 20.1 Å². The first-order valence-corrected chi connectivity index (χ1v) is 10.9. The number of amides is 2. The molecule has 154 valence electrons. The van der Waals surface area contributed by atoms with Crippen LogP contribution in [0, 0.1) is 6.92 Å². The number of hydrogen-bond acceptors (Lipinski definition) is 8. The van der Waals surface area contributed by atoms with E-state index in [0.717, 1.165) is 5.56 Å². The number of carbonyl (C=O) groups excluding carboxylic acids is 2. The Hall–Kier alpha value is -3.11. The molecule has 0 saturated heterocycles. The molecule has 2 N–H and O–H groups in total. The highest BCUT2D eigenvalue weighted by molar-refractivity contribution is 8.01. The Morgan fingerprint density at radius 2 is 1.80 bits per heavy atom. The van der Waals surface area contributed by atoms with Crippen molar-refractivity contribution < 1.29 is 19.1 Å². The zero-order valence-corrected chi connectivity index (χ0v) is 17.6. The molecule has 10 heteroatoms. The van der Waals surface area contributed by atoms with Crippen molar-refractivity contribution in [2.75, 3.05) is 29.6 Å². The fourth-order valence-corrected chi connectivity index (χ4v) is 4.19. The number of fused-ring (bicyclic) bond motifs is 1. The smallest absolute Gasteiger partial charge is 0.257 e. The number of aryl methyl sites for hydroxylation is 1. The molecule has 3 aromatic rings. The lowest BCUT2D eigenvalue weighted by Gasteiger charge is -2.18. The van der Waals surface area contributed by atoms with Crippen molar-refractivity contribution in [1.82, 2.24) is 10.2 Å². The molecule has 0 atom stereocenters. The highest BCUT2D eigenvalue weighted by atomic mass is 32.2. The molecule has 2 amide bonds. The van der Waals surface area contributed by atoms with Gasteiger partial charge in [-0.3, -0.25) is 14.9 Å². The number of carbonyl (C=O) groups is 2. The van der Waals surface area contributed by atoms with E-state index < -0.39 is 0 Å². The fraction of sp³-hybridized carbons (Fsp3) is 0.200. The van der Waals surface area contributed by atoms with Gasteiger partial charge < -0.3 is 14.8 Å². The van der Waals surface area contributed by atoms with Gasteiger partial charge in [0.2, 0.25) is 11.0 Å². The highest BCUT2D eigenvalue weighted by Gasteiger charge is 2.14. The third-order valence-electron chi connectivity index (χ3n) is 4.09. The van der Waals surface area contributed by atoms with E-state index in [0.29, 0.717) is 45.4 Å².